The molecular formula is C28H30F2N4O2S. The molecule has 0 aliphatic heterocycles. The Kier molecular flexibility index (Phi) is 7.76. The third-order valence-electron chi connectivity index (χ3n) is 6.81. The van der Waals surface area contributed by atoms with Gasteiger partial charge in [-0.2, -0.15) is 0 Å². The maximum atomic E-state index is 15.2. The molecule has 1 unspecified atom stereocenters. The SMILES string of the molecule is CN(C)C1CCc2cc(-c3nnc(-c4ccc(F)cc4OCCOCCN)c4scc(F)c34)ccc2C1. The third kappa shape index (κ3) is 5.36. The van der Waals surface area contributed by atoms with Crippen LogP contribution in [0.5, 0.6) is 5.75 Å². The Labute approximate surface area is 219 Å². The van der Waals surface area contributed by atoms with E-state index in [4.69, 9.17) is 15.2 Å². The molecule has 2 aromatic carbocycles. The smallest absolute Gasteiger partial charge is 0.144 e. The first-order valence-corrected chi connectivity index (χ1v) is 13.3. The lowest BCUT2D eigenvalue weighted by molar-refractivity contribution is 0.106. The van der Waals surface area contributed by atoms with Crippen LogP contribution in [0.4, 0.5) is 8.78 Å². The number of thiophene rings is 1. The molecule has 2 heterocycles. The molecule has 2 N–H and O–H groups in total. The first-order chi connectivity index (χ1) is 18.0. The number of hydrogen-bond donors (Lipinski definition) is 1. The molecular weight excluding hydrogens is 494 g/mol. The van der Waals surface area contributed by atoms with Gasteiger partial charge in [-0.25, -0.2) is 8.78 Å². The van der Waals surface area contributed by atoms with Crippen molar-refractivity contribution >= 4 is 21.4 Å². The van der Waals surface area contributed by atoms with Gasteiger partial charge in [0.05, 0.1) is 23.3 Å². The minimum Gasteiger partial charge on any atom is -0.490 e. The summed E-state index contributed by atoms with van der Waals surface area (Å²) in [5.41, 5.74) is 10.4. The molecule has 0 saturated heterocycles. The first-order valence-electron chi connectivity index (χ1n) is 12.4. The van der Waals surface area contributed by atoms with Crippen LogP contribution in [-0.4, -0.2) is 61.6 Å². The fourth-order valence-corrected chi connectivity index (χ4v) is 5.75. The molecule has 37 heavy (non-hydrogen) atoms. The second kappa shape index (κ2) is 11.2. The minimum atomic E-state index is -0.439. The molecule has 1 atom stereocenters. The summed E-state index contributed by atoms with van der Waals surface area (Å²) >= 11 is 1.25. The summed E-state index contributed by atoms with van der Waals surface area (Å²) in [6.07, 6.45) is 3.05. The second-order valence-electron chi connectivity index (χ2n) is 9.42. The Bertz CT molecular complexity index is 1410. The molecule has 0 bridgehead atoms. The van der Waals surface area contributed by atoms with E-state index >= 15 is 4.39 Å². The number of nitrogens with zero attached hydrogens (tertiary/aromatic N) is 3. The summed E-state index contributed by atoms with van der Waals surface area (Å²) in [6.45, 7) is 1.36. The Balaban J connectivity index is 1.51. The predicted octanol–water partition coefficient (Wildman–Crippen LogP) is 5.08. The van der Waals surface area contributed by atoms with Crippen molar-refractivity contribution in [3.8, 4) is 28.3 Å². The number of aryl methyl sites for hydroxylation is 1. The normalized spacial score (nSPS) is 15.4. The Morgan fingerprint density at radius 3 is 2.68 bits per heavy atom. The molecule has 5 rings (SSSR count). The average Bonchev–Trinajstić information content (AvgIpc) is 3.29. The highest BCUT2D eigenvalue weighted by Gasteiger charge is 2.23. The largest absolute Gasteiger partial charge is 0.490 e. The predicted molar refractivity (Wildman–Crippen MR) is 143 cm³/mol. The van der Waals surface area contributed by atoms with Crippen molar-refractivity contribution in [1.29, 1.82) is 0 Å². The molecule has 0 radical (unpaired) electrons. The number of rotatable bonds is 9. The average molecular weight is 525 g/mol. The van der Waals surface area contributed by atoms with Gasteiger partial charge in [0.25, 0.3) is 0 Å². The number of likely N-dealkylation sites (N-methyl/N-ethyl adjacent to an activating group) is 1. The van der Waals surface area contributed by atoms with Crippen LogP contribution in [0.2, 0.25) is 0 Å². The van der Waals surface area contributed by atoms with Crippen molar-refractivity contribution in [2.24, 2.45) is 5.73 Å². The lowest BCUT2D eigenvalue weighted by Crippen LogP contribution is -2.33. The topological polar surface area (TPSA) is 73.5 Å². The monoisotopic (exact) mass is 524 g/mol. The molecule has 0 fully saturated rings. The van der Waals surface area contributed by atoms with Crippen molar-refractivity contribution in [2.75, 3.05) is 40.5 Å². The van der Waals surface area contributed by atoms with E-state index < -0.39 is 5.82 Å². The van der Waals surface area contributed by atoms with Crippen molar-refractivity contribution in [1.82, 2.24) is 15.1 Å². The van der Waals surface area contributed by atoms with Gasteiger partial charge in [0, 0.05) is 35.2 Å². The van der Waals surface area contributed by atoms with Gasteiger partial charge in [-0.3, -0.25) is 0 Å². The number of nitrogens with two attached hydrogens (primary N) is 1. The van der Waals surface area contributed by atoms with Gasteiger partial charge in [-0.05, 0) is 62.7 Å². The van der Waals surface area contributed by atoms with E-state index in [9.17, 15) is 4.39 Å². The summed E-state index contributed by atoms with van der Waals surface area (Å²) in [5, 5.41) is 10.9. The van der Waals surface area contributed by atoms with E-state index in [2.05, 4.69) is 41.3 Å². The van der Waals surface area contributed by atoms with Gasteiger partial charge in [0.2, 0.25) is 0 Å². The molecule has 0 spiro atoms. The number of benzene rings is 2. The summed E-state index contributed by atoms with van der Waals surface area (Å²) < 4.78 is 41.1. The molecule has 1 aliphatic rings. The maximum Gasteiger partial charge on any atom is 0.144 e. The summed E-state index contributed by atoms with van der Waals surface area (Å²) in [5.74, 6) is -0.487. The van der Waals surface area contributed by atoms with Gasteiger partial charge in [0.1, 0.15) is 35.4 Å². The minimum absolute atomic E-state index is 0.216. The number of aromatic nitrogens is 2. The zero-order chi connectivity index (χ0) is 25.9. The van der Waals surface area contributed by atoms with Crippen molar-refractivity contribution in [3.05, 3.63) is 64.5 Å². The third-order valence-corrected chi connectivity index (χ3v) is 7.76. The second-order valence-corrected chi connectivity index (χ2v) is 10.3. The molecule has 0 amide bonds. The van der Waals surface area contributed by atoms with Crippen LogP contribution in [0.1, 0.15) is 17.5 Å². The first kappa shape index (κ1) is 25.7. The van der Waals surface area contributed by atoms with Gasteiger partial charge in [-0.1, -0.05) is 12.1 Å². The van der Waals surface area contributed by atoms with Crippen LogP contribution in [0.25, 0.3) is 32.6 Å². The van der Waals surface area contributed by atoms with Crippen LogP contribution < -0.4 is 10.5 Å². The lowest BCUT2D eigenvalue weighted by Gasteiger charge is -2.30. The van der Waals surface area contributed by atoms with E-state index in [0.717, 1.165) is 24.8 Å². The van der Waals surface area contributed by atoms with Crippen LogP contribution >= 0.6 is 11.3 Å². The number of fused-ring (bicyclic) bond motifs is 2. The number of ether oxygens (including phenoxy) is 2. The van der Waals surface area contributed by atoms with Gasteiger partial charge >= 0.3 is 0 Å². The highest BCUT2D eigenvalue weighted by atomic mass is 32.1. The van der Waals surface area contributed by atoms with Crippen LogP contribution in [-0.2, 0) is 17.6 Å². The molecule has 4 aromatic rings. The summed E-state index contributed by atoms with van der Waals surface area (Å²) in [6, 6.07) is 11.0. The fourth-order valence-electron chi connectivity index (χ4n) is 4.84. The van der Waals surface area contributed by atoms with E-state index in [0.29, 0.717) is 58.6 Å². The zero-order valence-corrected chi connectivity index (χ0v) is 21.8. The molecule has 9 heteroatoms. The van der Waals surface area contributed by atoms with Crippen molar-refractivity contribution < 1.29 is 18.3 Å². The Morgan fingerprint density at radius 2 is 1.86 bits per heavy atom. The van der Waals surface area contributed by atoms with Crippen LogP contribution in [0.3, 0.4) is 0 Å². The highest BCUT2D eigenvalue weighted by molar-refractivity contribution is 7.17. The zero-order valence-electron chi connectivity index (χ0n) is 21.0. The number of halogens is 2. The van der Waals surface area contributed by atoms with E-state index in [1.165, 1.54) is 40.0 Å². The van der Waals surface area contributed by atoms with Gasteiger partial charge < -0.3 is 20.1 Å². The molecule has 2 aromatic heterocycles. The fraction of sp³-hybridized carbons (Fsp3) is 0.357. The summed E-state index contributed by atoms with van der Waals surface area (Å²) in [4.78, 5) is 2.27. The molecule has 0 saturated carbocycles. The molecule has 1 aliphatic carbocycles. The highest BCUT2D eigenvalue weighted by Crippen LogP contribution is 2.41. The van der Waals surface area contributed by atoms with Gasteiger partial charge in [-0.15, -0.1) is 21.5 Å². The van der Waals surface area contributed by atoms with Crippen LogP contribution in [0.15, 0.2) is 41.8 Å². The van der Waals surface area contributed by atoms with E-state index in [1.54, 1.807) is 6.07 Å². The quantitative estimate of drug-likeness (QED) is 0.308. The summed E-state index contributed by atoms with van der Waals surface area (Å²) in [7, 11) is 4.23. The Hall–Kier alpha value is -2.98. The maximum absolute atomic E-state index is 15.2. The molecule has 194 valence electrons. The van der Waals surface area contributed by atoms with Gasteiger partial charge in [0.15, 0.2) is 0 Å². The standard InChI is InChI=1S/C28H30F2N4O2S/c1-34(2)21-7-5-17-13-19(4-3-18(17)14-21)26-25-23(30)16-37-28(25)27(33-32-26)22-8-6-20(29)15-24(22)36-12-11-35-10-9-31/h3-4,6,8,13,15-16,21H,5,7,9-12,14,31H2,1-2H3. The number of hydrogen-bond acceptors (Lipinski definition) is 7. The molecule has 6 nitrogen and oxygen atoms in total. The lowest BCUT2D eigenvalue weighted by atomic mass is 9.86. The van der Waals surface area contributed by atoms with E-state index in [1.807, 2.05) is 6.07 Å². The van der Waals surface area contributed by atoms with Crippen molar-refractivity contribution in [3.63, 3.8) is 0 Å². The van der Waals surface area contributed by atoms with E-state index in [-0.39, 0.29) is 12.4 Å². The Morgan fingerprint density at radius 1 is 1.03 bits per heavy atom. The van der Waals surface area contributed by atoms with Crippen LogP contribution in [0, 0.1) is 11.6 Å². The van der Waals surface area contributed by atoms with Crippen molar-refractivity contribution in [2.45, 2.75) is 25.3 Å².